The highest BCUT2D eigenvalue weighted by atomic mass is 79.9. The minimum absolute atomic E-state index is 0.0986. The number of halogens is 1. The fraction of sp³-hybridized carbons (Fsp3) is 0.667. The zero-order valence-corrected chi connectivity index (χ0v) is 11.9. The van der Waals surface area contributed by atoms with Crippen molar-refractivity contribution in [1.29, 1.82) is 0 Å². The van der Waals surface area contributed by atoms with E-state index in [1.54, 1.807) is 0 Å². The van der Waals surface area contributed by atoms with Gasteiger partial charge in [0.1, 0.15) is 0 Å². The predicted octanol–water partition coefficient (Wildman–Crippen LogP) is 2.04. The lowest BCUT2D eigenvalue weighted by atomic mass is 9.93. The van der Waals surface area contributed by atoms with E-state index >= 15 is 0 Å². The van der Waals surface area contributed by atoms with Crippen LogP contribution in [0.5, 0.6) is 0 Å². The number of rotatable bonds is 3. The summed E-state index contributed by atoms with van der Waals surface area (Å²) in [5.41, 5.74) is 2.14. The molecule has 1 atom stereocenters. The Morgan fingerprint density at radius 2 is 2.35 bits per heavy atom. The highest BCUT2D eigenvalue weighted by Crippen LogP contribution is 2.26. The number of nitrogens with zero attached hydrogens (tertiary/aromatic N) is 2. The average Bonchev–Trinajstić information content (AvgIpc) is 2.59. The second kappa shape index (κ2) is 5.21. The number of amides is 1. The fourth-order valence-electron chi connectivity index (χ4n) is 2.33. The quantitative estimate of drug-likeness (QED) is 0.928. The van der Waals surface area contributed by atoms with Gasteiger partial charge >= 0.3 is 0 Å². The molecule has 1 aromatic heterocycles. The van der Waals surface area contributed by atoms with E-state index in [1.165, 1.54) is 0 Å². The number of nitrogens with one attached hydrogen (secondary N) is 1. The second-order valence-corrected chi connectivity index (χ2v) is 5.29. The number of hydrogen-bond donors (Lipinski definition) is 1. The minimum Gasteiger partial charge on any atom is -0.356 e. The zero-order chi connectivity index (χ0) is 12.4. The van der Waals surface area contributed by atoms with Gasteiger partial charge in [0.25, 0.3) is 0 Å². The molecule has 17 heavy (non-hydrogen) atoms. The normalized spacial score (nSPS) is 20.4. The van der Waals surface area contributed by atoms with Crippen molar-refractivity contribution in [2.24, 2.45) is 5.92 Å². The van der Waals surface area contributed by atoms with Crippen LogP contribution in [0.2, 0.25) is 0 Å². The summed E-state index contributed by atoms with van der Waals surface area (Å²) in [4.78, 5) is 11.8. The van der Waals surface area contributed by atoms with Crippen molar-refractivity contribution in [2.75, 3.05) is 6.54 Å². The van der Waals surface area contributed by atoms with E-state index in [4.69, 9.17) is 0 Å². The van der Waals surface area contributed by atoms with Gasteiger partial charge in [0.15, 0.2) is 0 Å². The molecule has 2 heterocycles. The Labute approximate surface area is 110 Å². The van der Waals surface area contributed by atoms with Gasteiger partial charge in [-0.05, 0) is 42.6 Å². The van der Waals surface area contributed by atoms with E-state index in [9.17, 15) is 4.79 Å². The summed E-state index contributed by atoms with van der Waals surface area (Å²) in [5, 5.41) is 7.39. The highest BCUT2D eigenvalue weighted by molar-refractivity contribution is 9.10. The molecule has 0 bridgehead atoms. The molecule has 94 valence electrons. The molecule has 2 rings (SSSR count). The van der Waals surface area contributed by atoms with Gasteiger partial charge in [0.2, 0.25) is 5.91 Å². The SMILES string of the molecule is CCn1nc(C)c(Br)c1CC1CCCNC1=O. The van der Waals surface area contributed by atoms with Gasteiger partial charge in [0.05, 0.1) is 15.9 Å². The molecule has 0 spiro atoms. The minimum atomic E-state index is 0.0986. The van der Waals surface area contributed by atoms with Crippen LogP contribution >= 0.6 is 15.9 Å². The summed E-state index contributed by atoms with van der Waals surface area (Å²) in [6.07, 6.45) is 2.83. The maximum Gasteiger partial charge on any atom is 0.223 e. The first-order valence-corrected chi connectivity index (χ1v) is 6.92. The molecule has 0 radical (unpaired) electrons. The lowest BCUT2D eigenvalue weighted by molar-refractivity contribution is -0.126. The Balaban J connectivity index is 2.19. The highest BCUT2D eigenvalue weighted by Gasteiger charge is 2.25. The summed E-state index contributed by atoms with van der Waals surface area (Å²) < 4.78 is 3.04. The van der Waals surface area contributed by atoms with Crippen molar-refractivity contribution in [3.63, 3.8) is 0 Å². The summed E-state index contributed by atoms with van der Waals surface area (Å²) in [6.45, 7) is 5.72. The molecule has 1 aliphatic heterocycles. The number of aromatic nitrogens is 2. The van der Waals surface area contributed by atoms with Crippen LogP contribution < -0.4 is 5.32 Å². The molecule has 1 saturated heterocycles. The summed E-state index contributed by atoms with van der Waals surface area (Å²) in [5.74, 6) is 0.283. The number of hydrogen-bond acceptors (Lipinski definition) is 2. The maximum absolute atomic E-state index is 11.8. The monoisotopic (exact) mass is 299 g/mol. The standard InChI is InChI=1S/C12H18BrN3O/c1-3-16-10(11(13)8(2)15-16)7-9-5-4-6-14-12(9)17/h9H,3-7H2,1-2H3,(H,14,17). The van der Waals surface area contributed by atoms with Gasteiger partial charge in [-0.25, -0.2) is 0 Å². The topological polar surface area (TPSA) is 46.9 Å². The average molecular weight is 300 g/mol. The largest absolute Gasteiger partial charge is 0.356 e. The number of carbonyl (C=O) groups is 1. The summed E-state index contributed by atoms with van der Waals surface area (Å²) in [7, 11) is 0. The van der Waals surface area contributed by atoms with Crippen LogP contribution in [0.25, 0.3) is 0 Å². The Morgan fingerprint density at radius 3 is 3.00 bits per heavy atom. The molecule has 5 heteroatoms. The Morgan fingerprint density at radius 1 is 1.59 bits per heavy atom. The summed E-state index contributed by atoms with van der Waals surface area (Å²) in [6, 6.07) is 0. The van der Waals surface area contributed by atoms with Crippen LogP contribution in [0.3, 0.4) is 0 Å². The molecule has 0 saturated carbocycles. The molecular formula is C12H18BrN3O. The fourth-order valence-corrected chi connectivity index (χ4v) is 2.77. The second-order valence-electron chi connectivity index (χ2n) is 4.50. The van der Waals surface area contributed by atoms with E-state index in [1.807, 2.05) is 11.6 Å². The molecule has 1 aliphatic rings. The van der Waals surface area contributed by atoms with Gasteiger partial charge in [-0.3, -0.25) is 9.48 Å². The number of piperidine rings is 1. The third kappa shape index (κ3) is 2.54. The first kappa shape index (κ1) is 12.6. The number of carbonyl (C=O) groups excluding carboxylic acids is 1. The summed E-state index contributed by atoms with van der Waals surface area (Å²) >= 11 is 3.57. The van der Waals surface area contributed by atoms with Crippen molar-refractivity contribution >= 4 is 21.8 Å². The van der Waals surface area contributed by atoms with Gasteiger partial charge in [-0.2, -0.15) is 5.10 Å². The molecule has 1 amide bonds. The van der Waals surface area contributed by atoms with Crippen molar-refractivity contribution < 1.29 is 4.79 Å². The van der Waals surface area contributed by atoms with Gasteiger partial charge in [-0.15, -0.1) is 0 Å². The van der Waals surface area contributed by atoms with Gasteiger partial charge in [-0.1, -0.05) is 0 Å². The first-order chi connectivity index (χ1) is 8.13. The molecule has 1 fully saturated rings. The van der Waals surface area contributed by atoms with Crippen molar-refractivity contribution in [1.82, 2.24) is 15.1 Å². The van der Waals surface area contributed by atoms with E-state index in [2.05, 4.69) is 33.3 Å². The molecule has 0 aliphatic carbocycles. The van der Waals surface area contributed by atoms with Crippen molar-refractivity contribution in [2.45, 2.75) is 39.7 Å². The molecule has 1 N–H and O–H groups in total. The molecule has 4 nitrogen and oxygen atoms in total. The lowest BCUT2D eigenvalue weighted by Crippen LogP contribution is -2.37. The lowest BCUT2D eigenvalue weighted by Gasteiger charge is -2.22. The molecule has 1 aromatic rings. The van der Waals surface area contributed by atoms with Crippen molar-refractivity contribution in [3.05, 3.63) is 15.9 Å². The molecular weight excluding hydrogens is 282 g/mol. The van der Waals surface area contributed by atoms with E-state index in [-0.39, 0.29) is 11.8 Å². The van der Waals surface area contributed by atoms with Crippen LogP contribution in [0.15, 0.2) is 4.47 Å². The Kier molecular flexibility index (Phi) is 3.86. The van der Waals surface area contributed by atoms with Crippen LogP contribution in [-0.2, 0) is 17.8 Å². The Hall–Kier alpha value is -0.840. The first-order valence-electron chi connectivity index (χ1n) is 6.13. The number of aryl methyl sites for hydroxylation is 2. The molecule has 1 unspecified atom stereocenters. The van der Waals surface area contributed by atoms with E-state index in [0.29, 0.717) is 0 Å². The van der Waals surface area contributed by atoms with Crippen molar-refractivity contribution in [3.8, 4) is 0 Å². The van der Waals surface area contributed by atoms with Gasteiger partial charge in [0, 0.05) is 25.4 Å². The van der Waals surface area contributed by atoms with E-state index in [0.717, 1.165) is 48.2 Å². The van der Waals surface area contributed by atoms with Gasteiger partial charge < -0.3 is 5.32 Å². The van der Waals surface area contributed by atoms with Crippen LogP contribution in [0.4, 0.5) is 0 Å². The third-order valence-electron chi connectivity index (χ3n) is 3.29. The van der Waals surface area contributed by atoms with Crippen LogP contribution in [-0.4, -0.2) is 22.2 Å². The molecule has 0 aromatic carbocycles. The third-order valence-corrected chi connectivity index (χ3v) is 4.32. The maximum atomic E-state index is 11.8. The van der Waals surface area contributed by atoms with E-state index < -0.39 is 0 Å². The predicted molar refractivity (Wildman–Crippen MR) is 69.8 cm³/mol. The van der Waals surface area contributed by atoms with Crippen LogP contribution in [0.1, 0.15) is 31.2 Å². The zero-order valence-electron chi connectivity index (χ0n) is 10.3. The van der Waals surface area contributed by atoms with Crippen LogP contribution in [0, 0.1) is 12.8 Å². The smallest absolute Gasteiger partial charge is 0.223 e. The Bertz CT molecular complexity index is 428.